The molecule has 0 aromatic heterocycles. The maximum atomic E-state index is 13.0. The molecule has 0 aliphatic rings. The Morgan fingerprint density at radius 1 is 0.515 bits per heavy atom. The van der Waals surface area contributed by atoms with Gasteiger partial charge in [-0.1, -0.05) is 262 Å². The Morgan fingerprint density at radius 3 is 1.22 bits per heavy atom. The average molecular weight is 980 g/mol. The number of phosphoric ester groups is 1. The van der Waals surface area contributed by atoms with Crippen LogP contribution < -0.4 is 10.2 Å². The standard InChI is InChI=1S/C59H115N2O6P/c1-6-8-10-12-14-16-18-20-22-24-26-27-28-29-30-31-32-33-35-37-39-41-43-45-47-49-51-53-59(63)60-57(56-67-68(64,65)66-55-54-61(3,4)5)58(62)52-50-48-46-44-42-40-38-36-34-25-23-21-19-17-15-13-11-9-7-2/h26-27,29-30,50,52,57-58,62H,6-25,28,31-49,51,53-56H2,1-5H3,(H-,60,63,64,65)/b27-26-,30-29-,52-50+. The molecule has 0 fully saturated rings. The number of hydrogen-bond donors (Lipinski definition) is 2. The van der Waals surface area contributed by atoms with Gasteiger partial charge in [0.2, 0.25) is 5.91 Å². The van der Waals surface area contributed by atoms with Crippen molar-refractivity contribution in [1.29, 1.82) is 0 Å². The van der Waals surface area contributed by atoms with Crippen LogP contribution in [0, 0.1) is 0 Å². The minimum absolute atomic E-state index is 0.000791. The summed E-state index contributed by atoms with van der Waals surface area (Å²) in [6.07, 6.45) is 65.0. The molecule has 0 heterocycles. The molecule has 0 aliphatic heterocycles. The van der Waals surface area contributed by atoms with Crippen molar-refractivity contribution in [2.24, 2.45) is 0 Å². The molecule has 0 saturated heterocycles. The molecule has 0 rings (SSSR count). The number of nitrogens with one attached hydrogen (secondary N) is 1. The molecule has 0 aliphatic carbocycles. The van der Waals surface area contributed by atoms with Crippen LogP contribution in [0.5, 0.6) is 0 Å². The maximum absolute atomic E-state index is 13.0. The fraction of sp³-hybridized carbons (Fsp3) is 0.881. The summed E-state index contributed by atoms with van der Waals surface area (Å²) in [5, 5.41) is 13.9. The quantitative estimate of drug-likeness (QED) is 0.0272. The van der Waals surface area contributed by atoms with Crippen molar-refractivity contribution in [3.05, 3.63) is 36.5 Å². The second-order valence-electron chi connectivity index (χ2n) is 21.4. The molecule has 0 aromatic carbocycles. The summed E-state index contributed by atoms with van der Waals surface area (Å²) in [6.45, 7) is 4.68. The zero-order chi connectivity index (χ0) is 49.9. The van der Waals surface area contributed by atoms with E-state index in [1.54, 1.807) is 6.08 Å². The predicted octanol–water partition coefficient (Wildman–Crippen LogP) is 17.1. The highest BCUT2D eigenvalue weighted by atomic mass is 31.2. The smallest absolute Gasteiger partial charge is 0.268 e. The zero-order valence-electron chi connectivity index (χ0n) is 45.8. The first kappa shape index (κ1) is 66.7. The van der Waals surface area contributed by atoms with E-state index in [-0.39, 0.29) is 19.1 Å². The number of unbranched alkanes of at least 4 members (excludes halogenated alkanes) is 37. The lowest BCUT2D eigenvalue weighted by Gasteiger charge is -2.29. The highest BCUT2D eigenvalue weighted by molar-refractivity contribution is 7.45. The van der Waals surface area contributed by atoms with Crippen LogP contribution in [0.3, 0.4) is 0 Å². The Kier molecular flexibility index (Phi) is 49.7. The van der Waals surface area contributed by atoms with Crippen LogP contribution in [0.15, 0.2) is 36.5 Å². The lowest BCUT2D eigenvalue weighted by molar-refractivity contribution is -0.870. The van der Waals surface area contributed by atoms with Crippen LogP contribution >= 0.6 is 7.82 Å². The number of aliphatic hydroxyl groups is 1. The van der Waals surface area contributed by atoms with E-state index >= 15 is 0 Å². The summed E-state index contributed by atoms with van der Waals surface area (Å²) in [7, 11) is 1.27. The van der Waals surface area contributed by atoms with Crippen LogP contribution in [0.1, 0.15) is 284 Å². The first-order chi connectivity index (χ1) is 33.0. The van der Waals surface area contributed by atoms with E-state index in [2.05, 4.69) is 43.5 Å². The number of carbonyl (C=O) groups excluding carboxylic acids is 1. The van der Waals surface area contributed by atoms with Gasteiger partial charge in [-0.3, -0.25) is 9.36 Å². The van der Waals surface area contributed by atoms with Crippen LogP contribution in [-0.4, -0.2) is 68.5 Å². The van der Waals surface area contributed by atoms with Gasteiger partial charge in [0.15, 0.2) is 0 Å². The monoisotopic (exact) mass is 979 g/mol. The largest absolute Gasteiger partial charge is 0.756 e. The number of nitrogens with zero attached hydrogens (tertiary/aromatic N) is 1. The second kappa shape index (κ2) is 50.7. The SMILES string of the molecule is CCCCCCCCCCC/C=C\C/C=C\CCCCCCCCCCCCCC(=O)NC(COP(=O)([O-])OCC[N+](C)(C)C)C(O)/C=C/CCCCCCCCCCCCCCCCCCC. The van der Waals surface area contributed by atoms with Crippen LogP contribution in [0.25, 0.3) is 0 Å². The van der Waals surface area contributed by atoms with Gasteiger partial charge in [-0.25, -0.2) is 0 Å². The number of likely N-dealkylation sites (N-methyl/N-ethyl adjacent to an activating group) is 1. The topological polar surface area (TPSA) is 108 Å². The van der Waals surface area contributed by atoms with Crippen molar-refractivity contribution in [2.45, 2.75) is 296 Å². The van der Waals surface area contributed by atoms with E-state index < -0.39 is 20.0 Å². The minimum atomic E-state index is -4.60. The van der Waals surface area contributed by atoms with E-state index in [9.17, 15) is 19.4 Å². The number of rotatable bonds is 54. The molecule has 0 bridgehead atoms. The van der Waals surface area contributed by atoms with E-state index in [1.165, 1.54) is 218 Å². The number of hydrogen-bond acceptors (Lipinski definition) is 6. The fourth-order valence-electron chi connectivity index (χ4n) is 8.72. The number of aliphatic hydroxyl groups excluding tert-OH is 1. The first-order valence-electron chi connectivity index (χ1n) is 29.4. The average Bonchev–Trinajstić information content (AvgIpc) is 3.30. The number of allylic oxidation sites excluding steroid dienone is 5. The lowest BCUT2D eigenvalue weighted by Crippen LogP contribution is -2.45. The molecule has 3 atom stereocenters. The van der Waals surface area contributed by atoms with Gasteiger partial charge in [0.05, 0.1) is 39.9 Å². The molecule has 3 unspecified atom stereocenters. The zero-order valence-corrected chi connectivity index (χ0v) is 46.7. The third-order valence-corrected chi connectivity index (χ3v) is 14.3. The van der Waals surface area contributed by atoms with Crippen molar-refractivity contribution in [3.8, 4) is 0 Å². The number of amides is 1. The molecule has 0 saturated carbocycles. The van der Waals surface area contributed by atoms with Crippen molar-refractivity contribution in [1.82, 2.24) is 5.32 Å². The first-order valence-corrected chi connectivity index (χ1v) is 30.8. The highest BCUT2D eigenvalue weighted by Gasteiger charge is 2.23. The van der Waals surface area contributed by atoms with Gasteiger partial charge >= 0.3 is 0 Å². The molecule has 8 nitrogen and oxygen atoms in total. The predicted molar refractivity (Wildman–Crippen MR) is 293 cm³/mol. The summed E-state index contributed by atoms with van der Waals surface area (Å²) >= 11 is 0. The summed E-state index contributed by atoms with van der Waals surface area (Å²) in [6, 6.07) is -0.888. The van der Waals surface area contributed by atoms with Crippen molar-refractivity contribution < 1.29 is 32.9 Å². The van der Waals surface area contributed by atoms with Crippen LogP contribution in [0.2, 0.25) is 0 Å². The van der Waals surface area contributed by atoms with Gasteiger partial charge in [-0.2, -0.15) is 0 Å². The Hall–Kier alpha value is -1.28. The fourth-order valence-corrected chi connectivity index (χ4v) is 9.44. The van der Waals surface area contributed by atoms with Gasteiger partial charge < -0.3 is 28.8 Å². The third-order valence-electron chi connectivity index (χ3n) is 13.3. The number of quaternary nitrogens is 1. The molecular formula is C59H115N2O6P. The van der Waals surface area contributed by atoms with Gasteiger partial charge in [0, 0.05) is 6.42 Å². The summed E-state index contributed by atoms with van der Waals surface area (Å²) < 4.78 is 23.4. The number of phosphoric acid groups is 1. The van der Waals surface area contributed by atoms with E-state index in [1.807, 2.05) is 27.2 Å². The van der Waals surface area contributed by atoms with E-state index in [0.29, 0.717) is 17.4 Å². The van der Waals surface area contributed by atoms with Crippen molar-refractivity contribution in [2.75, 3.05) is 40.9 Å². The Morgan fingerprint density at radius 2 is 0.853 bits per heavy atom. The molecule has 1 amide bonds. The summed E-state index contributed by atoms with van der Waals surface area (Å²) in [4.78, 5) is 25.5. The Balaban J connectivity index is 4.18. The maximum Gasteiger partial charge on any atom is 0.268 e. The molecule has 68 heavy (non-hydrogen) atoms. The van der Waals surface area contributed by atoms with Crippen LogP contribution in [-0.2, 0) is 18.4 Å². The van der Waals surface area contributed by atoms with Crippen molar-refractivity contribution in [3.63, 3.8) is 0 Å². The molecule has 402 valence electrons. The van der Waals surface area contributed by atoms with Gasteiger partial charge in [-0.15, -0.1) is 0 Å². The minimum Gasteiger partial charge on any atom is -0.756 e. The van der Waals surface area contributed by atoms with E-state index in [4.69, 9.17) is 9.05 Å². The molecule has 0 radical (unpaired) electrons. The highest BCUT2D eigenvalue weighted by Crippen LogP contribution is 2.38. The van der Waals surface area contributed by atoms with Crippen LogP contribution in [0.4, 0.5) is 0 Å². The molecular weight excluding hydrogens is 864 g/mol. The van der Waals surface area contributed by atoms with Gasteiger partial charge in [0.1, 0.15) is 13.2 Å². The summed E-state index contributed by atoms with van der Waals surface area (Å²) in [5.74, 6) is -0.196. The normalized spacial score (nSPS) is 14.2. The Bertz CT molecular complexity index is 1200. The third kappa shape index (κ3) is 52.5. The molecule has 0 aromatic rings. The molecule has 0 spiro atoms. The molecule has 9 heteroatoms. The second-order valence-corrected chi connectivity index (χ2v) is 22.8. The Labute approximate surface area is 423 Å². The number of carbonyl (C=O) groups is 1. The van der Waals surface area contributed by atoms with Gasteiger partial charge in [-0.05, 0) is 51.4 Å². The van der Waals surface area contributed by atoms with Gasteiger partial charge in [0.25, 0.3) is 7.82 Å². The molecule has 2 N–H and O–H groups in total. The summed E-state index contributed by atoms with van der Waals surface area (Å²) in [5.41, 5.74) is 0. The van der Waals surface area contributed by atoms with Crippen molar-refractivity contribution >= 4 is 13.7 Å². The lowest BCUT2D eigenvalue weighted by atomic mass is 10.0. The van der Waals surface area contributed by atoms with E-state index in [0.717, 1.165) is 44.9 Å².